The Morgan fingerprint density at radius 1 is 1.39 bits per heavy atom. The quantitative estimate of drug-likeness (QED) is 0.895. The number of aliphatic hydroxyl groups is 1. The van der Waals surface area contributed by atoms with Gasteiger partial charge in [0, 0.05) is 30.0 Å². The summed E-state index contributed by atoms with van der Waals surface area (Å²) in [6.07, 6.45) is 0.190. The van der Waals surface area contributed by atoms with Gasteiger partial charge in [0.25, 0.3) is 0 Å². The van der Waals surface area contributed by atoms with Crippen molar-refractivity contribution in [1.29, 1.82) is 0 Å². The minimum atomic E-state index is -0.593. The van der Waals surface area contributed by atoms with Crippen molar-refractivity contribution >= 4 is 17.2 Å². The summed E-state index contributed by atoms with van der Waals surface area (Å²) in [6, 6.07) is 7.40. The van der Waals surface area contributed by atoms with E-state index in [-0.39, 0.29) is 23.2 Å². The molecule has 1 amide bonds. The Balaban J connectivity index is 1.65. The van der Waals surface area contributed by atoms with Crippen LogP contribution in [0, 0.1) is 13.8 Å². The number of amides is 1. The highest BCUT2D eigenvalue weighted by Crippen LogP contribution is 2.31. The van der Waals surface area contributed by atoms with Crippen LogP contribution in [0.4, 0.5) is 0 Å². The highest BCUT2D eigenvalue weighted by atomic mass is 32.1. The molecule has 0 radical (unpaired) electrons. The smallest absolute Gasteiger partial charge is 0.307 e. The minimum absolute atomic E-state index is 0.0287. The van der Waals surface area contributed by atoms with E-state index in [0.29, 0.717) is 13.0 Å². The maximum atomic E-state index is 12.2. The van der Waals surface area contributed by atoms with Crippen molar-refractivity contribution in [1.82, 2.24) is 9.88 Å². The predicted octanol–water partition coefficient (Wildman–Crippen LogP) is 1.69. The third-order valence-corrected chi connectivity index (χ3v) is 5.45. The summed E-state index contributed by atoms with van der Waals surface area (Å²) >= 11 is 1.21. The standard InChI is InChI=1S/C17H20N2O3S/c1-10-11(2)23-17(22)19(10)8-7-15(21)18-16-13-6-4-3-5-12(13)9-14(16)20/h3-6,14,16,20H,7-9H2,1-2H3,(H,18,21)/t14-,16+/m1/s1. The van der Waals surface area contributed by atoms with Crippen LogP contribution in [0.5, 0.6) is 0 Å². The van der Waals surface area contributed by atoms with Crippen molar-refractivity contribution in [2.24, 2.45) is 0 Å². The fraction of sp³-hybridized carbons (Fsp3) is 0.412. The van der Waals surface area contributed by atoms with E-state index < -0.39 is 6.10 Å². The van der Waals surface area contributed by atoms with Gasteiger partial charge in [0.2, 0.25) is 5.91 Å². The number of aliphatic hydroxyl groups excluding tert-OH is 1. The first-order valence-corrected chi connectivity index (χ1v) is 8.51. The second-order valence-corrected chi connectivity index (χ2v) is 7.09. The van der Waals surface area contributed by atoms with Gasteiger partial charge in [-0.2, -0.15) is 0 Å². The van der Waals surface area contributed by atoms with Gasteiger partial charge in [-0.25, -0.2) is 0 Å². The highest BCUT2D eigenvalue weighted by Gasteiger charge is 2.31. The molecule has 2 N–H and O–H groups in total. The molecule has 2 aromatic rings. The van der Waals surface area contributed by atoms with E-state index in [4.69, 9.17) is 0 Å². The van der Waals surface area contributed by atoms with Gasteiger partial charge in [0.05, 0.1) is 12.1 Å². The van der Waals surface area contributed by atoms with E-state index in [1.165, 1.54) is 11.3 Å². The molecule has 1 aliphatic carbocycles. The van der Waals surface area contributed by atoms with Crippen LogP contribution in [-0.4, -0.2) is 21.7 Å². The number of nitrogens with one attached hydrogen (secondary N) is 1. The molecule has 23 heavy (non-hydrogen) atoms. The fourth-order valence-electron chi connectivity index (χ4n) is 3.05. The second kappa shape index (κ2) is 6.29. The molecule has 0 bridgehead atoms. The van der Waals surface area contributed by atoms with Gasteiger partial charge in [-0.1, -0.05) is 35.6 Å². The zero-order valence-electron chi connectivity index (χ0n) is 13.2. The van der Waals surface area contributed by atoms with Crippen LogP contribution in [0.25, 0.3) is 0 Å². The van der Waals surface area contributed by atoms with Crippen molar-refractivity contribution in [2.45, 2.75) is 45.4 Å². The summed E-state index contributed by atoms with van der Waals surface area (Å²) in [5.41, 5.74) is 2.97. The van der Waals surface area contributed by atoms with Crippen molar-refractivity contribution in [3.8, 4) is 0 Å². The maximum Gasteiger partial charge on any atom is 0.307 e. The third kappa shape index (κ3) is 3.09. The van der Waals surface area contributed by atoms with Crippen LogP contribution >= 0.6 is 11.3 Å². The third-order valence-electron chi connectivity index (χ3n) is 4.46. The number of aromatic nitrogens is 1. The molecule has 0 spiro atoms. The molecule has 1 heterocycles. The Morgan fingerprint density at radius 2 is 2.13 bits per heavy atom. The molecule has 2 atom stereocenters. The first-order chi connectivity index (χ1) is 11.0. The SMILES string of the molecule is Cc1sc(=O)n(CCC(=O)N[C@H]2c3ccccc3C[C@H]2O)c1C. The monoisotopic (exact) mass is 332 g/mol. The lowest BCUT2D eigenvalue weighted by molar-refractivity contribution is -0.122. The average molecular weight is 332 g/mol. The first-order valence-electron chi connectivity index (χ1n) is 7.69. The van der Waals surface area contributed by atoms with Gasteiger partial charge in [-0.15, -0.1) is 0 Å². The molecular formula is C17H20N2O3S. The van der Waals surface area contributed by atoms with Gasteiger partial charge >= 0.3 is 4.87 Å². The lowest BCUT2D eigenvalue weighted by Crippen LogP contribution is -2.34. The summed E-state index contributed by atoms with van der Waals surface area (Å²) in [4.78, 5) is 25.0. The van der Waals surface area contributed by atoms with Crippen LogP contribution in [0.2, 0.25) is 0 Å². The van der Waals surface area contributed by atoms with Crippen LogP contribution < -0.4 is 10.2 Å². The number of fused-ring (bicyclic) bond motifs is 1. The molecule has 5 nitrogen and oxygen atoms in total. The zero-order valence-corrected chi connectivity index (χ0v) is 14.0. The van der Waals surface area contributed by atoms with E-state index in [0.717, 1.165) is 21.7 Å². The van der Waals surface area contributed by atoms with Crippen molar-refractivity contribution in [3.63, 3.8) is 0 Å². The number of benzene rings is 1. The molecule has 0 saturated heterocycles. The summed E-state index contributed by atoms with van der Waals surface area (Å²) in [7, 11) is 0. The first kappa shape index (κ1) is 16.0. The van der Waals surface area contributed by atoms with Gasteiger partial charge in [0.15, 0.2) is 0 Å². The Hall–Kier alpha value is -1.92. The number of thiazole rings is 1. The number of hydrogen-bond donors (Lipinski definition) is 2. The molecule has 122 valence electrons. The zero-order chi connectivity index (χ0) is 16.6. The largest absolute Gasteiger partial charge is 0.390 e. The molecular weight excluding hydrogens is 312 g/mol. The molecule has 0 aliphatic heterocycles. The predicted molar refractivity (Wildman–Crippen MR) is 89.7 cm³/mol. The van der Waals surface area contributed by atoms with Crippen LogP contribution in [0.15, 0.2) is 29.1 Å². The number of rotatable bonds is 4. The molecule has 1 aliphatic rings. The van der Waals surface area contributed by atoms with E-state index in [9.17, 15) is 14.7 Å². The van der Waals surface area contributed by atoms with E-state index in [2.05, 4.69) is 5.32 Å². The Morgan fingerprint density at radius 3 is 2.83 bits per heavy atom. The summed E-state index contributed by atoms with van der Waals surface area (Å²) in [5.74, 6) is -0.152. The van der Waals surface area contributed by atoms with Crippen molar-refractivity contribution in [3.05, 3.63) is 55.6 Å². The van der Waals surface area contributed by atoms with Crippen molar-refractivity contribution < 1.29 is 9.90 Å². The minimum Gasteiger partial charge on any atom is -0.390 e. The lowest BCUT2D eigenvalue weighted by Gasteiger charge is -2.18. The summed E-state index contributed by atoms with van der Waals surface area (Å²) < 4.78 is 1.64. The maximum absolute atomic E-state index is 12.2. The van der Waals surface area contributed by atoms with Gasteiger partial charge in [0.1, 0.15) is 0 Å². The lowest BCUT2D eigenvalue weighted by atomic mass is 10.1. The average Bonchev–Trinajstić information content (AvgIpc) is 2.95. The number of aryl methyl sites for hydroxylation is 1. The second-order valence-electron chi connectivity index (χ2n) is 5.93. The Bertz CT molecular complexity index is 793. The van der Waals surface area contributed by atoms with Crippen molar-refractivity contribution in [2.75, 3.05) is 0 Å². The number of carbonyl (C=O) groups is 1. The molecule has 6 heteroatoms. The summed E-state index contributed by atoms with van der Waals surface area (Å²) in [5, 5.41) is 13.1. The highest BCUT2D eigenvalue weighted by molar-refractivity contribution is 7.09. The molecule has 0 unspecified atom stereocenters. The molecule has 1 aromatic heterocycles. The fourth-order valence-corrected chi connectivity index (χ4v) is 3.91. The van der Waals surface area contributed by atoms with Crippen LogP contribution in [-0.2, 0) is 17.8 Å². The molecule has 3 rings (SSSR count). The van der Waals surface area contributed by atoms with Gasteiger partial charge in [-0.05, 0) is 25.0 Å². The van der Waals surface area contributed by atoms with Gasteiger partial charge in [-0.3, -0.25) is 9.59 Å². The van der Waals surface area contributed by atoms with E-state index >= 15 is 0 Å². The Labute approximate surface area is 138 Å². The van der Waals surface area contributed by atoms with Gasteiger partial charge < -0.3 is 15.0 Å². The number of hydrogen-bond acceptors (Lipinski definition) is 4. The van der Waals surface area contributed by atoms with Crippen LogP contribution in [0.1, 0.15) is 34.2 Å². The van der Waals surface area contributed by atoms with E-state index in [1.807, 2.05) is 38.1 Å². The molecule has 1 aromatic carbocycles. The Kier molecular flexibility index (Phi) is 4.37. The molecule has 0 saturated carbocycles. The van der Waals surface area contributed by atoms with Crippen LogP contribution in [0.3, 0.4) is 0 Å². The molecule has 0 fully saturated rings. The van der Waals surface area contributed by atoms with E-state index in [1.54, 1.807) is 4.57 Å². The number of nitrogens with zero attached hydrogens (tertiary/aromatic N) is 1. The summed E-state index contributed by atoms with van der Waals surface area (Å²) in [6.45, 7) is 4.16. The topological polar surface area (TPSA) is 71.3 Å². The number of carbonyl (C=O) groups excluding carboxylic acids is 1. The normalized spacial score (nSPS) is 19.6.